The van der Waals surface area contributed by atoms with Crippen LogP contribution in [-0.4, -0.2) is 50.8 Å². The molecule has 5 nitrogen and oxygen atoms in total. The van der Waals surface area contributed by atoms with Crippen LogP contribution >= 0.6 is 0 Å². The summed E-state index contributed by atoms with van der Waals surface area (Å²) in [6.07, 6.45) is 6.94. The summed E-state index contributed by atoms with van der Waals surface area (Å²) in [5.41, 5.74) is 3.48. The fourth-order valence-corrected chi connectivity index (χ4v) is 4.08. The minimum Gasteiger partial charge on any atom is -0.478 e. The first kappa shape index (κ1) is 20.3. The van der Waals surface area contributed by atoms with E-state index in [2.05, 4.69) is 32.7 Å². The van der Waals surface area contributed by atoms with E-state index in [4.69, 9.17) is 5.11 Å². The van der Waals surface area contributed by atoms with Gasteiger partial charge in [0.1, 0.15) is 11.3 Å². The molecular formula is C24H26FN3O2. The first-order valence-electron chi connectivity index (χ1n) is 10.2. The van der Waals surface area contributed by atoms with E-state index in [-0.39, 0.29) is 5.56 Å². The van der Waals surface area contributed by atoms with Gasteiger partial charge in [-0.1, -0.05) is 18.2 Å². The van der Waals surface area contributed by atoms with E-state index in [9.17, 15) is 9.18 Å². The van der Waals surface area contributed by atoms with Crippen LogP contribution in [0.5, 0.6) is 0 Å². The fourth-order valence-electron chi connectivity index (χ4n) is 4.08. The van der Waals surface area contributed by atoms with Gasteiger partial charge in [0.2, 0.25) is 0 Å². The van der Waals surface area contributed by atoms with Gasteiger partial charge in [0.25, 0.3) is 0 Å². The molecule has 0 saturated heterocycles. The maximum Gasteiger partial charge on any atom is 0.335 e. The molecular weight excluding hydrogens is 381 g/mol. The first-order chi connectivity index (χ1) is 14.3. The molecule has 30 heavy (non-hydrogen) atoms. The Kier molecular flexibility index (Phi) is 5.43. The quantitative estimate of drug-likeness (QED) is 0.648. The molecule has 0 unspecified atom stereocenters. The predicted molar refractivity (Wildman–Crippen MR) is 116 cm³/mol. The number of rotatable bonds is 6. The second kappa shape index (κ2) is 8.03. The Morgan fingerprint density at radius 2 is 1.97 bits per heavy atom. The molecule has 0 bridgehead atoms. The third-order valence-corrected chi connectivity index (χ3v) is 5.45. The van der Waals surface area contributed by atoms with Crippen LogP contribution in [0.3, 0.4) is 0 Å². The zero-order valence-corrected chi connectivity index (χ0v) is 17.3. The van der Waals surface area contributed by atoms with E-state index in [1.54, 1.807) is 26.0 Å². The SMILES string of the molecule is CC(C)(F)CN1CC=C(c2ccnc3c2ccn3Cc2ccc(C(=O)O)cc2)CC1. The molecule has 6 heteroatoms. The van der Waals surface area contributed by atoms with Gasteiger partial charge in [0.05, 0.1) is 5.56 Å². The molecule has 0 radical (unpaired) electrons. The van der Waals surface area contributed by atoms with E-state index in [0.717, 1.165) is 36.1 Å². The van der Waals surface area contributed by atoms with Crippen molar-refractivity contribution in [2.45, 2.75) is 32.5 Å². The van der Waals surface area contributed by atoms with Crippen LogP contribution in [0.2, 0.25) is 0 Å². The van der Waals surface area contributed by atoms with Crippen LogP contribution in [-0.2, 0) is 6.54 Å². The van der Waals surface area contributed by atoms with Crippen LogP contribution in [0.25, 0.3) is 16.6 Å². The lowest BCUT2D eigenvalue weighted by atomic mass is 9.97. The Hall–Kier alpha value is -2.99. The zero-order valence-electron chi connectivity index (χ0n) is 17.3. The summed E-state index contributed by atoms with van der Waals surface area (Å²) in [5, 5.41) is 10.2. The Labute approximate surface area is 175 Å². The molecule has 3 heterocycles. The number of aromatic nitrogens is 2. The third-order valence-electron chi connectivity index (χ3n) is 5.45. The molecule has 4 rings (SSSR count). The lowest BCUT2D eigenvalue weighted by molar-refractivity contribution is 0.0697. The number of fused-ring (bicyclic) bond motifs is 1. The highest BCUT2D eigenvalue weighted by Gasteiger charge is 2.23. The minimum atomic E-state index is -1.19. The van der Waals surface area contributed by atoms with Gasteiger partial charge in [-0.15, -0.1) is 0 Å². The molecule has 1 aliphatic rings. The van der Waals surface area contributed by atoms with Gasteiger partial charge >= 0.3 is 5.97 Å². The van der Waals surface area contributed by atoms with Crippen LogP contribution in [0.4, 0.5) is 4.39 Å². The number of aromatic carboxylic acids is 1. The molecule has 2 aromatic heterocycles. The molecule has 0 saturated carbocycles. The lowest BCUT2D eigenvalue weighted by Gasteiger charge is -2.30. The smallest absolute Gasteiger partial charge is 0.335 e. The van der Waals surface area contributed by atoms with E-state index >= 15 is 0 Å². The van der Waals surface area contributed by atoms with Gasteiger partial charge in [0.15, 0.2) is 0 Å². The summed E-state index contributed by atoms with van der Waals surface area (Å²) in [7, 11) is 0. The van der Waals surface area contributed by atoms with Crippen molar-refractivity contribution in [3.05, 3.63) is 71.6 Å². The molecule has 0 fully saturated rings. The summed E-state index contributed by atoms with van der Waals surface area (Å²) < 4.78 is 16.0. The molecule has 0 amide bonds. The van der Waals surface area contributed by atoms with E-state index in [0.29, 0.717) is 13.1 Å². The highest BCUT2D eigenvalue weighted by atomic mass is 19.1. The lowest BCUT2D eigenvalue weighted by Crippen LogP contribution is -2.38. The van der Waals surface area contributed by atoms with Gasteiger partial charge in [-0.05, 0) is 61.2 Å². The number of nitrogens with zero attached hydrogens (tertiary/aromatic N) is 3. The summed E-state index contributed by atoms with van der Waals surface area (Å²) in [5.74, 6) is -0.923. The second-order valence-corrected chi connectivity index (χ2v) is 8.47. The number of carboxylic acid groups (broad SMARTS) is 1. The molecule has 1 aliphatic heterocycles. The molecule has 1 N–H and O–H groups in total. The number of alkyl halides is 1. The normalized spacial score (nSPS) is 15.4. The number of benzene rings is 1. The Bertz CT molecular complexity index is 1090. The monoisotopic (exact) mass is 407 g/mol. The highest BCUT2D eigenvalue weighted by Crippen LogP contribution is 2.30. The summed E-state index contributed by atoms with van der Waals surface area (Å²) in [6.45, 7) is 5.91. The van der Waals surface area contributed by atoms with Crippen molar-refractivity contribution in [3.63, 3.8) is 0 Å². The number of hydrogen-bond donors (Lipinski definition) is 1. The summed E-state index contributed by atoms with van der Waals surface area (Å²) >= 11 is 0. The highest BCUT2D eigenvalue weighted by molar-refractivity contribution is 5.90. The zero-order chi connectivity index (χ0) is 21.3. The molecule has 3 aromatic rings. The van der Waals surface area contributed by atoms with E-state index in [1.807, 2.05) is 24.5 Å². The maximum atomic E-state index is 13.9. The number of hydrogen-bond acceptors (Lipinski definition) is 3. The first-order valence-corrected chi connectivity index (χ1v) is 10.2. The van der Waals surface area contributed by atoms with Crippen molar-refractivity contribution in [2.75, 3.05) is 19.6 Å². The Balaban J connectivity index is 1.56. The van der Waals surface area contributed by atoms with Gasteiger partial charge in [-0.3, -0.25) is 4.90 Å². The van der Waals surface area contributed by atoms with Crippen molar-refractivity contribution in [1.82, 2.24) is 14.5 Å². The summed E-state index contributed by atoms with van der Waals surface area (Å²) in [4.78, 5) is 17.8. The van der Waals surface area contributed by atoms with Gasteiger partial charge in [0, 0.05) is 44.0 Å². The van der Waals surface area contributed by atoms with Crippen LogP contribution in [0, 0.1) is 0 Å². The van der Waals surface area contributed by atoms with Crippen molar-refractivity contribution < 1.29 is 14.3 Å². The van der Waals surface area contributed by atoms with Crippen molar-refractivity contribution >= 4 is 22.6 Å². The largest absolute Gasteiger partial charge is 0.478 e. The van der Waals surface area contributed by atoms with Crippen LogP contribution in [0.1, 0.15) is 41.8 Å². The topological polar surface area (TPSA) is 58.4 Å². The number of pyridine rings is 1. The van der Waals surface area contributed by atoms with Gasteiger partial charge < -0.3 is 9.67 Å². The third kappa shape index (κ3) is 4.44. The average Bonchev–Trinajstić information content (AvgIpc) is 3.11. The maximum absolute atomic E-state index is 13.9. The standard InChI is InChI=1S/C24H26FN3O2/c1-24(2,25)16-27-12-8-18(9-13-27)20-7-11-26-22-21(20)10-14-28(22)15-17-3-5-19(6-4-17)23(29)30/h3-8,10-11,14H,9,12-13,15-16H2,1-2H3,(H,29,30). The predicted octanol–water partition coefficient (Wildman–Crippen LogP) is 4.62. The number of halogens is 1. The van der Waals surface area contributed by atoms with Crippen LogP contribution < -0.4 is 0 Å². The second-order valence-electron chi connectivity index (χ2n) is 8.47. The number of carboxylic acids is 1. The van der Waals surface area contributed by atoms with Crippen molar-refractivity contribution in [2.24, 2.45) is 0 Å². The number of carbonyl (C=O) groups is 1. The van der Waals surface area contributed by atoms with Crippen molar-refractivity contribution in [1.29, 1.82) is 0 Å². The average molecular weight is 407 g/mol. The van der Waals surface area contributed by atoms with Gasteiger partial charge in [-0.2, -0.15) is 0 Å². The molecule has 1 aromatic carbocycles. The Morgan fingerprint density at radius 1 is 1.20 bits per heavy atom. The molecule has 0 aliphatic carbocycles. The molecule has 0 atom stereocenters. The molecule has 156 valence electrons. The Morgan fingerprint density at radius 3 is 2.60 bits per heavy atom. The minimum absolute atomic E-state index is 0.283. The molecule has 0 spiro atoms. The van der Waals surface area contributed by atoms with Gasteiger partial charge in [-0.25, -0.2) is 14.2 Å². The van der Waals surface area contributed by atoms with E-state index in [1.165, 1.54) is 11.1 Å². The summed E-state index contributed by atoms with van der Waals surface area (Å²) in [6, 6.07) is 11.1. The fraction of sp³-hybridized carbons (Fsp3) is 0.333. The van der Waals surface area contributed by atoms with E-state index < -0.39 is 11.6 Å². The van der Waals surface area contributed by atoms with Crippen molar-refractivity contribution in [3.8, 4) is 0 Å². The van der Waals surface area contributed by atoms with Crippen LogP contribution in [0.15, 0.2) is 54.9 Å².